The lowest BCUT2D eigenvalue weighted by Gasteiger charge is -1.98. The van der Waals surface area contributed by atoms with Crippen molar-refractivity contribution in [2.45, 2.75) is 13.3 Å². The van der Waals surface area contributed by atoms with Crippen LogP contribution in [0.15, 0.2) is 10.2 Å². The van der Waals surface area contributed by atoms with Crippen molar-refractivity contribution < 1.29 is 0 Å². The molecule has 0 bridgehead atoms. The fourth-order valence-corrected chi connectivity index (χ4v) is 1.47. The van der Waals surface area contributed by atoms with Crippen molar-refractivity contribution in [3.63, 3.8) is 0 Å². The fourth-order valence-electron chi connectivity index (χ4n) is 1.04. The second-order valence-corrected chi connectivity index (χ2v) is 4.16. The minimum Gasteiger partial charge on any atom is -0.314 e. The Kier molecular flexibility index (Phi) is 5.86. The predicted molar refractivity (Wildman–Crippen MR) is 76.5 cm³/mol. The lowest BCUT2D eigenvalue weighted by atomic mass is 10.3. The lowest BCUT2D eigenvalue weighted by Crippen LogP contribution is -2.06. The quantitative estimate of drug-likeness (QED) is 0.259. The molecule has 1 aromatic heterocycles. The van der Waals surface area contributed by atoms with Gasteiger partial charge in [-0.1, -0.05) is 0 Å². The highest BCUT2D eigenvalue weighted by Crippen LogP contribution is 2.08. The van der Waals surface area contributed by atoms with Gasteiger partial charge in [-0.15, -0.1) is 29.3 Å². The first-order chi connectivity index (χ1) is 9.10. The van der Waals surface area contributed by atoms with E-state index < -0.39 is 0 Å². The summed E-state index contributed by atoms with van der Waals surface area (Å²) in [5.74, 6) is 0.669. The molecule has 0 fully saturated rings. The predicted octanol–water partition coefficient (Wildman–Crippen LogP) is 1.86. The largest absolute Gasteiger partial charge is 0.314 e. The van der Waals surface area contributed by atoms with Gasteiger partial charge in [-0.05, 0) is 6.92 Å². The zero-order valence-corrected chi connectivity index (χ0v) is 11.6. The van der Waals surface area contributed by atoms with Crippen LogP contribution in [0.1, 0.15) is 24.7 Å². The van der Waals surface area contributed by atoms with E-state index in [0.717, 1.165) is 5.71 Å². The molecule has 0 aliphatic rings. The van der Waals surface area contributed by atoms with Crippen molar-refractivity contribution >= 4 is 41.1 Å². The van der Waals surface area contributed by atoms with Gasteiger partial charge in [0.15, 0.2) is 16.6 Å². The molecule has 0 amide bonds. The van der Waals surface area contributed by atoms with Gasteiger partial charge in [-0.2, -0.15) is 15.6 Å². The molecule has 7 nitrogen and oxygen atoms in total. The van der Waals surface area contributed by atoms with Crippen LogP contribution in [0.5, 0.6) is 0 Å². The van der Waals surface area contributed by atoms with Crippen LogP contribution in [0.25, 0.3) is 0 Å². The number of hydrogen-bond donors (Lipinski definition) is 3. The molecule has 0 atom stereocenters. The van der Waals surface area contributed by atoms with E-state index in [9.17, 15) is 0 Å². The molecule has 0 radical (unpaired) electrons. The number of nitrogens with zero attached hydrogens (tertiary/aromatic N) is 5. The summed E-state index contributed by atoms with van der Waals surface area (Å²) in [5.41, 5.74) is 0.846. The van der Waals surface area contributed by atoms with E-state index in [1.54, 1.807) is 13.0 Å². The van der Waals surface area contributed by atoms with E-state index in [4.69, 9.17) is 22.1 Å². The van der Waals surface area contributed by atoms with E-state index in [-0.39, 0.29) is 22.5 Å². The third-order valence-corrected chi connectivity index (χ3v) is 2.31. The Balaban J connectivity index is 2.78. The number of halogens is 1. The average Bonchev–Trinajstić information content (AvgIpc) is 2.78. The molecule has 0 unspecified atom stereocenters. The Morgan fingerprint density at radius 1 is 1.47 bits per heavy atom. The number of thiol groups is 1. The van der Waals surface area contributed by atoms with Crippen LogP contribution in [0.4, 0.5) is 5.95 Å². The maximum absolute atomic E-state index is 8.75. The Hall–Kier alpha value is -2.03. The number of rotatable bonds is 4. The van der Waals surface area contributed by atoms with Crippen LogP contribution in [-0.2, 0) is 0 Å². The van der Waals surface area contributed by atoms with Crippen molar-refractivity contribution in [1.29, 1.82) is 10.5 Å². The molecule has 98 valence electrons. The SMILES string of the molecule is C/C(CCCl)=N\N=C(/S)Nc1nc(C#N)c(C#N)[nH]1. The zero-order chi connectivity index (χ0) is 14.3. The molecular formula is C10H10ClN7S. The number of nitrogens with one attached hydrogen (secondary N) is 2. The van der Waals surface area contributed by atoms with Gasteiger partial charge in [0.05, 0.1) is 0 Å². The first-order valence-corrected chi connectivity index (χ1v) is 6.12. The molecule has 0 saturated carbocycles. The Morgan fingerprint density at radius 3 is 2.74 bits per heavy atom. The van der Waals surface area contributed by atoms with Crippen LogP contribution >= 0.6 is 24.2 Å². The molecule has 0 saturated heterocycles. The van der Waals surface area contributed by atoms with Gasteiger partial charge in [0.1, 0.15) is 12.1 Å². The monoisotopic (exact) mass is 295 g/mol. The summed E-state index contributed by atoms with van der Waals surface area (Å²) in [7, 11) is 0. The normalized spacial score (nSPS) is 11.8. The van der Waals surface area contributed by atoms with E-state index in [0.29, 0.717) is 12.3 Å². The highest BCUT2D eigenvalue weighted by atomic mass is 35.5. The fraction of sp³-hybridized carbons (Fsp3) is 0.300. The van der Waals surface area contributed by atoms with Crippen LogP contribution in [0, 0.1) is 22.7 Å². The standard InChI is InChI=1S/C10H10ClN7S/c1-6(2-3-11)17-18-10(19)16-9-14-7(4-12)8(5-13)15-9/h2-3H2,1H3,(H3,14,15,16,18,19)/b17-6+. The highest BCUT2D eigenvalue weighted by Gasteiger charge is 2.09. The average molecular weight is 296 g/mol. The molecule has 2 N–H and O–H groups in total. The topological polar surface area (TPSA) is 113 Å². The first-order valence-electron chi connectivity index (χ1n) is 5.14. The number of amidine groups is 1. The minimum atomic E-state index is 0.00737. The van der Waals surface area contributed by atoms with Crippen molar-refractivity contribution in [1.82, 2.24) is 9.97 Å². The van der Waals surface area contributed by atoms with Gasteiger partial charge in [0, 0.05) is 18.0 Å². The summed E-state index contributed by atoms with van der Waals surface area (Å²) in [6.07, 6.45) is 0.629. The van der Waals surface area contributed by atoms with Gasteiger partial charge in [-0.3, -0.25) is 0 Å². The number of aromatic nitrogens is 2. The minimum absolute atomic E-state index is 0.00737. The summed E-state index contributed by atoms with van der Waals surface area (Å²) in [4.78, 5) is 6.47. The summed E-state index contributed by atoms with van der Waals surface area (Å²) < 4.78 is 0. The molecule has 0 aliphatic carbocycles. The molecular weight excluding hydrogens is 286 g/mol. The zero-order valence-electron chi connectivity index (χ0n) is 9.98. The van der Waals surface area contributed by atoms with Crippen molar-refractivity contribution in [3.8, 4) is 12.1 Å². The van der Waals surface area contributed by atoms with E-state index >= 15 is 0 Å². The maximum Gasteiger partial charge on any atom is 0.208 e. The van der Waals surface area contributed by atoms with Crippen molar-refractivity contribution in [2.24, 2.45) is 10.2 Å². The summed E-state index contributed by atoms with van der Waals surface area (Å²) in [6, 6.07) is 3.61. The summed E-state index contributed by atoms with van der Waals surface area (Å²) >= 11 is 9.61. The van der Waals surface area contributed by atoms with Crippen molar-refractivity contribution in [2.75, 3.05) is 11.2 Å². The molecule has 0 spiro atoms. The van der Waals surface area contributed by atoms with Crippen LogP contribution in [0.3, 0.4) is 0 Å². The van der Waals surface area contributed by atoms with Gasteiger partial charge >= 0.3 is 0 Å². The van der Waals surface area contributed by atoms with Gasteiger partial charge in [0.25, 0.3) is 0 Å². The Bertz CT molecular complexity index is 558. The molecule has 19 heavy (non-hydrogen) atoms. The second kappa shape index (κ2) is 7.41. The number of hydrogen-bond acceptors (Lipinski definition) is 5. The number of alkyl halides is 1. The van der Waals surface area contributed by atoms with E-state index in [1.807, 2.05) is 6.07 Å². The molecule has 9 heteroatoms. The maximum atomic E-state index is 8.75. The number of nitriles is 2. The molecule has 1 rings (SSSR count). The lowest BCUT2D eigenvalue weighted by molar-refractivity contribution is 1.16. The Morgan fingerprint density at radius 2 is 2.21 bits per heavy atom. The van der Waals surface area contributed by atoms with Gasteiger partial charge < -0.3 is 10.3 Å². The first kappa shape index (κ1) is 15.0. The number of aromatic amines is 1. The Labute approximate surface area is 120 Å². The molecule has 1 aromatic rings. The van der Waals surface area contributed by atoms with E-state index in [1.165, 1.54) is 0 Å². The number of H-pyrrole nitrogens is 1. The molecule has 1 heterocycles. The molecule has 0 aliphatic heterocycles. The number of imidazole rings is 1. The van der Waals surface area contributed by atoms with Crippen molar-refractivity contribution in [3.05, 3.63) is 11.4 Å². The van der Waals surface area contributed by atoms with Crippen LogP contribution in [-0.4, -0.2) is 26.7 Å². The van der Waals surface area contributed by atoms with Crippen LogP contribution in [0.2, 0.25) is 0 Å². The number of anilines is 1. The van der Waals surface area contributed by atoms with Crippen LogP contribution < -0.4 is 5.32 Å². The van der Waals surface area contributed by atoms with Gasteiger partial charge in [-0.25, -0.2) is 4.98 Å². The highest BCUT2D eigenvalue weighted by molar-refractivity contribution is 7.97. The smallest absolute Gasteiger partial charge is 0.208 e. The van der Waals surface area contributed by atoms with E-state index in [2.05, 4.69) is 38.1 Å². The second-order valence-electron chi connectivity index (χ2n) is 3.36. The summed E-state index contributed by atoms with van der Waals surface area (Å²) in [5, 5.41) is 28.0. The summed E-state index contributed by atoms with van der Waals surface area (Å²) in [6.45, 7) is 1.79. The third-order valence-electron chi connectivity index (χ3n) is 1.92. The molecule has 0 aromatic carbocycles. The van der Waals surface area contributed by atoms with Gasteiger partial charge in [0.2, 0.25) is 5.95 Å². The third kappa shape index (κ3) is 4.62.